The Hall–Kier alpha value is -1.22. The first kappa shape index (κ1) is 15.2. The molecule has 0 radical (unpaired) electrons. The van der Waals surface area contributed by atoms with Crippen molar-refractivity contribution < 1.29 is 9.84 Å². The van der Waals surface area contributed by atoms with Crippen LogP contribution < -0.4 is 4.74 Å². The zero-order valence-electron chi connectivity index (χ0n) is 11.6. The second kappa shape index (κ2) is 6.04. The second-order valence-electron chi connectivity index (χ2n) is 4.78. The Morgan fingerprint density at radius 3 is 2.10 bits per heavy atom. The zero-order valence-corrected chi connectivity index (χ0v) is 13.1. The first-order valence-corrected chi connectivity index (χ1v) is 6.97. The number of benzene rings is 2. The van der Waals surface area contributed by atoms with Gasteiger partial charge in [-0.25, -0.2) is 0 Å². The molecule has 1 unspecified atom stereocenters. The smallest absolute Gasteiger partial charge is 0.122 e. The predicted molar refractivity (Wildman–Crippen MR) is 83.0 cm³/mol. The molecule has 1 N–H and O–H groups in total. The van der Waals surface area contributed by atoms with Crippen LogP contribution in [0.3, 0.4) is 0 Å². The van der Waals surface area contributed by atoms with Gasteiger partial charge in [0.15, 0.2) is 0 Å². The topological polar surface area (TPSA) is 29.5 Å². The molecule has 2 aromatic carbocycles. The fraction of sp³-hybridized carbons (Fsp3) is 0.250. The van der Waals surface area contributed by atoms with Gasteiger partial charge in [-0.05, 0) is 66.4 Å². The van der Waals surface area contributed by atoms with Gasteiger partial charge in [0.1, 0.15) is 11.9 Å². The lowest BCUT2D eigenvalue weighted by Gasteiger charge is -2.17. The molecule has 0 amide bonds. The van der Waals surface area contributed by atoms with Crippen molar-refractivity contribution in [2.45, 2.75) is 20.0 Å². The number of hydrogen-bond donors (Lipinski definition) is 1. The molecule has 2 rings (SSSR count). The minimum atomic E-state index is -0.768. The van der Waals surface area contributed by atoms with Gasteiger partial charge in [0.2, 0.25) is 0 Å². The minimum absolute atomic E-state index is 0.509. The highest BCUT2D eigenvalue weighted by atomic mass is 35.5. The number of ether oxygens (including phenoxy) is 1. The lowest BCUT2D eigenvalue weighted by molar-refractivity contribution is 0.219. The molecule has 0 saturated heterocycles. The van der Waals surface area contributed by atoms with Gasteiger partial charge in [-0.15, -0.1) is 0 Å². The van der Waals surface area contributed by atoms with Gasteiger partial charge in [0.05, 0.1) is 7.11 Å². The van der Waals surface area contributed by atoms with Crippen molar-refractivity contribution in [1.82, 2.24) is 0 Å². The van der Waals surface area contributed by atoms with Gasteiger partial charge >= 0.3 is 0 Å². The Labute approximate surface area is 128 Å². The molecule has 4 heteroatoms. The molecule has 0 aliphatic heterocycles. The van der Waals surface area contributed by atoms with Crippen LogP contribution in [-0.4, -0.2) is 12.2 Å². The summed E-state index contributed by atoms with van der Waals surface area (Å²) in [6.45, 7) is 3.88. The molecule has 0 saturated carbocycles. The third kappa shape index (κ3) is 3.09. The summed E-state index contributed by atoms with van der Waals surface area (Å²) in [4.78, 5) is 0. The van der Waals surface area contributed by atoms with Crippen LogP contribution >= 0.6 is 23.2 Å². The molecule has 0 aliphatic rings. The second-order valence-corrected chi connectivity index (χ2v) is 5.66. The van der Waals surface area contributed by atoms with Crippen LogP contribution in [0.5, 0.6) is 5.75 Å². The Morgan fingerprint density at radius 1 is 0.950 bits per heavy atom. The first-order valence-electron chi connectivity index (χ1n) is 6.21. The molecular weight excluding hydrogens is 295 g/mol. The molecular formula is C16H16Cl2O2. The number of aryl methyl sites for hydroxylation is 2. The highest BCUT2D eigenvalue weighted by molar-refractivity contribution is 6.34. The minimum Gasteiger partial charge on any atom is -0.496 e. The van der Waals surface area contributed by atoms with Crippen molar-refractivity contribution in [3.63, 3.8) is 0 Å². The third-order valence-electron chi connectivity index (χ3n) is 3.28. The van der Waals surface area contributed by atoms with Crippen LogP contribution in [0.2, 0.25) is 10.0 Å². The summed E-state index contributed by atoms with van der Waals surface area (Å²) >= 11 is 12.0. The number of aliphatic hydroxyl groups excluding tert-OH is 1. The molecule has 1 atom stereocenters. The lowest BCUT2D eigenvalue weighted by Crippen LogP contribution is -2.03. The molecule has 2 nitrogen and oxygen atoms in total. The lowest BCUT2D eigenvalue weighted by atomic mass is 9.95. The van der Waals surface area contributed by atoms with Crippen molar-refractivity contribution >= 4 is 23.2 Å². The number of halogens is 2. The van der Waals surface area contributed by atoms with Crippen molar-refractivity contribution in [2.75, 3.05) is 7.11 Å². The van der Waals surface area contributed by atoms with Gasteiger partial charge in [-0.3, -0.25) is 0 Å². The summed E-state index contributed by atoms with van der Waals surface area (Å²) < 4.78 is 5.28. The van der Waals surface area contributed by atoms with E-state index < -0.39 is 6.10 Å². The molecule has 20 heavy (non-hydrogen) atoms. The maximum Gasteiger partial charge on any atom is 0.122 e. The number of hydrogen-bond acceptors (Lipinski definition) is 2. The van der Waals surface area contributed by atoms with E-state index in [0.29, 0.717) is 15.6 Å². The van der Waals surface area contributed by atoms with E-state index in [1.54, 1.807) is 25.3 Å². The SMILES string of the molecule is COc1cc(C)c(C(O)c2cc(Cl)cc(Cl)c2)cc1C. The van der Waals surface area contributed by atoms with Gasteiger partial charge in [0, 0.05) is 10.0 Å². The molecule has 0 fully saturated rings. The van der Waals surface area contributed by atoms with Crippen LogP contribution in [0, 0.1) is 13.8 Å². The fourth-order valence-electron chi connectivity index (χ4n) is 2.24. The third-order valence-corrected chi connectivity index (χ3v) is 3.72. The summed E-state index contributed by atoms with van der Waals surface area (Å²) in [7, 11) is 1.63. The first-order chi connectivity index (χ1) is 9.42. The summed E-state index contributed by atoms with van der Waals surface area (Å²) in [6.07, 6.45) is -0.768. The van der Waals surface area contributed by atoms with Gasteiger partial charge < -0.3 is 9.84 Å². The summed E-state index contributed by atoms with van der Waals surface area (Å²) in [5.41, 5.74) is 3.42. The van der Waals surface area contributed by atoms with E-state index in [9.17, 15) is 5.11 Å². The number of methoxy groups -OCH3 is 1. The molecule has 106 valence electrons. The van der Waals surface area contributed by atoms with E-state index in [0.717, 1.165) is 22.4 Å². The zero-order chi connectivity index (χ0) is 14.9. The van der Waals surface area contributed by atoms with Crippen molar-refractivity contribution in [3.05, 3.63) is 62.6 Å². The normalized spacial score (nSPS) is 12.3. The van der Waals surface area contributed by atoms with Crippen LogP contribution in [-0.2, 0) is 0 Å². The largest absolute Gasteiger partial charge is 0.496 e. The molecule has 0 bridgehead atoms. The highest BCUT2D eigenvalue weighted by Crippen LogP contribution is 2.32. The van der Waals surface area contributed by atoms with Crippen LogP contribution in [0.4, 0.5) is 0 Å². The van der Waals surface area contributed by atoms with E-state index in [2.05, 4.69) is 0 Å². The Kier molecular flexibility index (Phi) is 4.59. The summed E-state index contributed by atoms with van der Waals surface area (Å²) in [6, 6.07) is 8.92. The van der Waals surface area contributed by atoms with Crippen LogP contribution in [0.15, 0.2) is 30.3 Å². The number of aliphatic hydroxyl groups is 1. The Morgan fingerprint density at radius 2 is 1.55 bits per heavy atom. The quantitative estimate of drug-likeness (QED) is 0.890. The van der Waals surface area contributed by atoms with E-state index in [1.165, 1.54) is 0 Å². The van der Waals surface area contributed by atoms with Gasteiger partial charge in [-0.2, -0.15) is 0 Å². The van der Waals surface area contributed by atoms with Crippen LogP contribution in [0.25, 0.3) is 0 Å². The molecule has 0 spiro atoms. The maximum absolute atomic E-state index is 10.6. The molecule has 2 aromatic rings. The maximum atomic E-state index is 10.6. The van der Waals surface area contributed by atoms with E-state index in [1.807, 2.05) is 26.0 Å². The monoisotopic (exact) mass is 310 g/mol. The van der Waals surface area contributed by atoms with Crippen molar-refractivity contribution in [1.29, 1.82) is 0 Å². The summed E-state index contributed by atoms with van der Waals surface area (Å²) in [5, 5.41) is 11.6. The fourth-order valence-corrected chi connectivity index (χ4v) is 2.78. The predicted octanol–water partition coefficient (Wildman–Crippen LogP) is 4.70. The Bertz CT molecular complexity index is 618. The van der Waals surface area contributed by atoms with E-state index in [4.69, 9.17) is 27.9 Å². The average molecular weight is 311 g/mol. The van der Waals surface area contributed by atoms with Crippen molar-refractivity contribution in [2.24, 2.45) is 0 Å². The van der Waals surface area contributed by atoms with Gasteiger partial charge in [0.25, 0.3) is 0 Å². The molecule has 0 aliphatic carbocycles. The summed E-state index contributed by atoms with van der Waals surface area (Å²) in [5.74, 6) is 0.808. The Balaban J connectivity index is 2.47. The van der Waals surface area contributed by atoms with Crippen molar-refractivity contribution in [3.8, 4) is 5.75 Å². The average Bonchev–Trinajstić information content (AvgIpc) is 2.39. The molecule has 0 aromatic heterocycles. The number of rotatable bonds is 3. The van der Waals surface area contributed by atoms with Crippen LogP contribution in [0.1, 0.15) is 28.4 Å². The molecule has 0 heterocycles. The highest BCUT2D eigenvalue weighted by Gasteiger charge is 2.16. The van der Waals surface area contributed by atoms with Gasteiger partial charge in [-0.1, -0.05) is 23.2 Å². The standard InChI is InChI=1S/C16H16Cl2O2/c1-9-5-15(20-3)10(2)4-14(9)16(19)11-6-12(17)8-13(18)7-11/h4-8,16,19H,1-3H3. The van der Waals surface area contributed by atoms with E-state index >= 15 is 0 Å². The van der Waals surface area contributed by atoms with E-state index in [-0.39, 0.29) is 0 Å².